The molecule has 0 bridgehead atoms. The summed E-state index contributed by atoms with van der Waals surface area (Å²) in [4.78, 5) is 27.6. The summed E-state index contributed by atoms with van der Waals surface area (Å²) in [5.74, 6) is -2.97. The van der Waals surface area contributed by atoms with Gasteiger partial charge in [-0.25, -0.2) is 17.2 Å². The Morgan fingerprint density at radius 1 is 1.05 bits per heavy atom. The molecule has 0 aliphatic rings. The summed E-state index contributed by atoms with van der Waals surface area (Å²) >= 11 is 12.3. The van der Waals surface area contributed by atoms with Crippen LogP contribution in [0.3, 0.4) is 0 Å². The van der Waals surface area contributed by atoms with Crippen molar-refractivity contribution in [3.63, 3.8) is 0 Å². The van der Waals surface area contributed by atoms with Crippen LogP contribution in [0.1, 0.15) is 45.1 Å². The minimum atomic E-state index is -3.84. The molecule has 1 N–H and O–H groups in total. The predicted molar refractivity (Wildman–Crippen MR) is 142 cm³/mol. The van der Waals surface area contributed by atoms with E-state index >= 15 is 0 Å². The van der Waals surface area contributed by atoms with Crippen LogP contribution in [0, 0.1) is 11.6 Å². The van der Waals surface area contributed by atoms with Crippen LogP contribution in [-0.4, -0.2) is 50.5 Å². The second kappa shape index (κ2) is 13.9. The first-order valence-electron chi connectivity index (χ1n) is 11.8. The standard InChI is InChI=1S/C25H31Cl2F2N3O4S/c1-4-12-30-25(34)23(5-2)31(16-17-8-9-18(26)14-20(17)27)24(33)7-6-13-32(37(3,35)36)19-10-11-21(28)22(29)15-19/h8-11,14-15,23H,4-7,12-13,16H2,1-3H3,(H,30,34). The first-order chi connectivity index (χ1) is 17.4. The number of halogens is 4. The summed E-state index contributed by atoms with van der Waals surface area (Å²) < 4.78 is 52.6. The van der Waals surface area contributed by atoms with Gasteiger partial charge in [0, 0.05) is 42.2 Å². The number of nitrogens with one attached hydrogen (secondary N) is 1. The first-order valence-corrected chi connectivity index (χ1v) is 14.4. The van der Waals surface area contributed by atoms with E-state index in [1.54, 1.807) is 25.1 Å². The van der Waals surface area contributed by atoms with Crippen molar-refractivity contribution in [2.75, 3.05) is 23.7 Å². The predicted octanol–water partition coefficient (Wildman–Crippen LogP) is 5.15. The molecule has 0 fully saturated rings. The molecule has 0 saturated heterocycles. The van der Waals surface area contributed by atoms with E-state index in [9.17, 15) is 26.8 Å². The fourth-order valence-electron chi connectivity index (χ4n) is 3.76. The first kappa shape index (κ1) is 30.8. The largest absolute Gasteiger partial charge is 0.354 e. The third-order valence-corrected chi connectivity index (χ3v) is 7.42. The Balaban J connectivity index is 2.25. The number of hydrogen-bond donors (Lipinski definition) is 1. The van der Waals surface area contributed by atoms with Gasteiger partial charge in [0.1, 0.15) is 6.04 Å². The fourth-order valence-corrected chi connectivity index (χ4v) is 5.19. The topological polar surface area (TPSA) is 86.8 Å². The van der Waals surface area contributed by atoms with Crippen LogP contribution in [0.25, 0.3) is 0 Å². The highest BCUT2D eigenvalue weighted by Crippen LogP contribution is 2.25. The van der Waals surface area contributed by atoms with Gasteiger partial charge in [0.05, 0.1) is 11.9 Å². The number of rotatable bonds is 13. The van der Waals surface area contributed by atoms with Crippen molar-refractivity contribution < 1.29 is 26.8 Å². The molecule has 2 aromatic carbocycles. The smallest absolute Gasteiger partial charge is 0.242 e. The van der Waals surface area contributed by atoms with E-state index in [1.165, 1.54) is 4.90 Å². The van der Waals surface area contributed by atoms with Gasteiger partial charge < -0.3 is 10.2 Å². The van der Waals surface area contributed by atoms with Gasteiger partial charge in [0.2, 0.25) is 21.8 Å². The van der Waals surface area contributed by atoms with Crippen LogP contribution in [0.15, 0.2) is 36.4 Å². The number of anilines is 1. The number of hydrogen-bond acceptors (Lipinski definition) is 4. The third-order valence-electron chi connectivity index (χ3n) is 5.63. The summed E-state index contributed by atoms with van der Waals surface area (Å²) in [5.41, 5.74) is 0.546. The molecule has 7 nitrogen and oxygen atoms in total. The maximum Gasteiger partial charge on any atom is 0.242 e. The summed E-state index contributed by atoms with van der Waals surface area (Å²) in [6, 6.07) is 6.87. The van der Waals surface area contributed by atoms with Crippen molar-refractivity contribution in [1.29, 1.82) is 0 Å². The van der Waals surface area contributed by atoms with E-state index in [0.29, 0.717) is 28.6 Å². The zero-order chi connectivity index (χ0) is 27.8. The molecule has 2 amide bonds. The minimum absolute atomic E-state index is 0.0475. The normalized spacial score (nSPS) is 12.2. The Morgan fingerprint density at radius 2 is 1.76 bits per heavy atom. The molecule has 1 unspecified atom stereocenters. The maximum absolute atomic E-state index is 13.7. The van der Waals surface area contributed by atoms with E-state index < -0.39 is 27.7 Å². The van der Waals surface area contributed by atoms with Gasteiger partial charge in [0.25, 0.3) is 0 Å². The van der Waals surface area contributed by atoms with Crippen LogP contribution < -0.4 is 9.62 Å². The van der Waals surface area contributed by atoms with Crippen LogP contribution in [0.4, 0.5) is 14.5 Å². The molecule has 0 radical (unpaired) electrons. The van der Waals surface area contributed by atoms with Gasteiger partial charge in [-0.1, -0.05) is 43.1 Å². The zero-order valence-electron chi connectivity index (χ0n) is 20.9. The van der Waals surface area contributed by atoms with Gasteiger partial charge in [-0.2, -0.15) is 0 Å². The Kier molecular flexibility index (Phi) is 11.6. The summed E-state index contributed by atoms with van der Waals surface area (Å²) in [6.45, 7) is 4.05. The van der Waals surface area contributed by atoms with E-state index in [2.05, 4.69) is 5.32 Å². The number of nitrogens with zero attached hydrogens (tertiary/aromatic N) is 2. The maximum atomic E-state index is 13.7. The number of carbonyl (C=O) groups is 2. The fraction of sp³-hybridized carbons (Fsp3) is 0.440. The number of sulfonamides is 1. The lowest BCUT2D eigenvalue weighted by Crippen LogP contribution is -2.49. The highest BCUT2D eigenvalue weighted by atomic mass is 35.5. The third kappa shape index (κ3) is 8.83. The summed E-state index contributed by atoms with van der Waals surface area (Å²) in [6.07, 6.45) is 1.98. The van der Waals surface area contributed by atoms with E-state index in [1.807, 2.05) is 6.92 Å². The lowest BCUT2D eigenvalue weighted by atomic mass is 10.1. The van der Waals surface area contributed by atoms with E-state index in [-0.39, 0.29) is 43.4 Å². The Hall–Kier alpha value is -2.43. The van der Waals surface area contributed by atoms with Gasteiger partial charge in [-0.15, -0.1) is 0 Å². The minimum Gasteiger partial charge on any atom is -0.354 e. The molecular formula is C25H31Cl2F2N3O4S. The second-order valence-electron chi connectivity index (χ2n) is 8.51. The molecule has 12 heteroatoms. The molecule has 2 rings (SSSR count). The molecule has 204 valence electrons. The van der Waals surface area contributed by atoms with Gasteiger partial charge in [0.15, 0.2) is 11.6 Å². The van der Waals surface area contributed by atoms with E-state index in [4.69, 9.17) is 23.2 Å². The van der Waals surface area contributed by atoms with Crippen molar-refractivity contribution in [2.24, 2.45) is 0 Å². The molecule has 37 heavy (non-hydrogen) atoms. The quantitative estimate of drug-likeness (QED) is 0.356. The van der Waals surface area contributed by atoms with Crippen molar-refractivity contribution in [3.8, 4) is 0 Å². The number of carbonyl (C=O) groups excluding carboxylic acids is 2. The van der Waals surface area contributed by atoms with Crippen LogP contribution in [0.2, 0.25) is 10.0 Å². The molecule has 2 aromatic rings. The molecular weight excluding hydrogens is 547 g/mol. The van der Waals surface area contributed by atoms with Crippen molar-refractivity contribution in [1.82, 2.24) is 10.2 Å². The van der Waals surface area contributed by atoms with Crippen molar-refractivity contribution in [2.45, 2.75) is 52.1 Å². The SMILES string of the molecule is CCCNC(=O)C(CC)N(Cc1ccc(Cl)cc1Cl)C(=O)CCCN(c1ccc(F)c(F)c1)S(C)(=O)=O. The molecule has 0 aromatic heterocycles. The average Bonchev–Trinajstić information content (AvgIpc) is 2.82. The Morgan fingerprint density at radius 3 is 2.32 bits per heavy atom. The Labute approximate surface area is 226 Å². The van der Waals surface area contributed by atoms with Crippen LogP contribution in [-0.2, 0) is 26.2 Å². The molecule has 0 heterocycles. The monoisotopic (exact) mass is 577 g/mol. The number of benzene rings is 2. The van der Waals surface area contributed by atoms with Crippen LogP contribution in [0.5, 0.6) is 0 Å². The molecule has 0 aliphatic heterocycles. The average molecular weight is 579 g/mol. The number of amides is 2. The summed E-state index contributed by atoms with van der Waals surface area (Å²) in [7, 11) is -3.84. The lowest BCUT2D eigenvalue weighted by Gasteiger charge is -2.31. The van der Waals surface area contributed by atoms with Crippen molar-refractivity contribution >= 4 is 50.7 Å². The van der Waals surface area contributed by atoms with E-state index in [0.717, 1.165) is 35.2 Å². The summed E-state index contributed by atoms with van der Waals surface area (Å²) in [5, 5.41) is 3.58. The van der Waals surface area contributed by atoms with Crippen LogP contribution >= 0.6 is 23.2 Å². The highest BCUT2D eigenvalue weighted by molar-refractivity contribution is 7.92. The van der Waals surface area contributed by atoms with Crippen molar-refractivity contribution in [3.05, 3.63) is 63.6 Å². The van der Waals surface area contributed by atoms with Gasteiger partial charge >= 0.3 is 0 Å². The highest BCUT2D eigenvalue weighted by Gasteiger charge is 2.29. The zero-order valence-corrected chi connectivity index (χ0v) is 23.3. The lowest BCUT2D eigenvalue weighted by molar-refractivity contribution is -0.141. The van der Waals surface area contributed by atoms with Gasteiger partial charge in [-0.3, -0.25) is 13.9 Å². The van der Waals surface area contributed by atoms with Gasteiger partial charge in [-0.05, 0) is 49.1 Å². The Bertz CT molecular complexity index is 1210. The molecule has 1 atom stereocenters. The molecule has 0 aliphatic carbocycles. The second-order valence-corrected chi connectivity index (χ2v) is 11.3. The molecule has 0 saturated carbocycles. The molecule has 0 spiro atoms.